The van der Waals surface area contributed by atoms with E-state index in [1.54, 1.807) is 12.3 Å². The third-order valence-electron chi connectivity index (χ3n) is 4.75. The number of hydrogen-bond donors (Lipinski definition) is 1. The summed E-state index contributed by atoms with van der Waals surface area (Å²) in [4.78, 5) is 26.6. The Morgan fingerprint density at radius 2 is 1.96 bits per heavy atom. The number of aryl methyl sites for hydroxylation is 2. The molecule has 0 unspecified atom stereocenters. The van der Waals surface area contributed by atoms with Crippen molar-refractivity contribution in [3.05, 3.63) is 53.6 Å². The lowest BCUT2D eigenvalue weighted by Crippen LogP contribution is -2.23. The summed E-state index contributed by atoms with van der Waals surface area (Å²) in [5.74, 6) is -0.362. The monoisotopic (exact) mass is 364 g/mol. The summed E-state index contributed by atoms with van der Waals surface area (Å²) in [6.45, 7) is 5.70. The molecule has 1 N–H and O–H groups in total. The highest BCUT2D eigenvalue weighted by Gasteiger charge is 2.27. The van der Waals surface area contributed by atoms with Gasteiger partial charge in [0, 0.05) is 31.2 Å². The summed E-state index contributed by atoms with van der Waals surface area (Å²) in [7, 11) is 0. The van der Waals surface area contributed by atoms with Gasteiger partial charge in [-0.25, -0.2) is 14.8 Å². The van der Waals surface area contributed by atoms with Crippen molar-refractivity contribution in [1.29, 1.82) is 0 Å². The molecule has 4 rings (SSSR count). The number of aromatic nitrogens is 5. The fraction of sp³-hybridized carbons (Fsp3) is 0.316. The van der Waals surface area contributed by atoms with Gasteiger partial charge in [-0.3, -0.25) is 9.67 Å². The molecule has 0 bridgehead atoms. The molecule has 8 heteroatoms. The molecule has 1 fully saturated rings. The highest BCUT2D eigenvalue weighted by atomic mass is 16.4. The SMILES string of the molecule is Cc1cc(C)n([C@@H]2CCN(c3nccc(-c4cc(C(=O)O)ccn4)n3)C2)n1. The van der Waals surface area contributed by atoms with Gasteiger partial charge in [-0.2, -0.15) is 5.10 Å². The lowest BCUT2D eigenvalue weighted by Gasteiger charge is -2.17. The van der Waals surface area contributed by atoms with E-state index < -0.39 is 5.97 Å². The molecule has 1 atom stereocenters. The Bertz CT molecular complexity index is 999. The summed E-state index contributed by atoms with van der Waals surface area (Å²) in [5, 5.41) is 13.8. The van der Waals surface area contributed by atoms with Crippen molar-refractivity contribution in [2.24, 2.45) is 0 Å². The Morgan fingerprint density at radius 3 is 2.70 bits per heavy atom. The Hall–Kier alpha value is -3.29. The summed E-state index contributed by atoms with van der Waals surface area (Å²) in [6, 6.07) is 7.11. The number of carbonyl (C=O) groups is 1. The molecule has 27 heavy (non-hydrogen) atoms. The van der Waals surface area contributed by atoms with Gasteiger partial charge in [0.25, 0.3) is 0 Å². The second-order valence-corrected chi connectivity index (χ2v) is 6.74. The van der Waals surface area contributed by atoms with E-state index in [1.165, 1.54) is 18.3 Å². The van der Waals surface area contributed by atoms with Crippen LogP contribution in [0.3, 0.4) is 0 Å². The van der Waals surface area contributed by atoms with Crippen LogP contribution in [0.4, 0.5) is 5.95 Å². The second-order valence-electron chi connectivity index (χ2n) is 6.74. The number of carboxylic acids is 1. The first-order valence-corrected chi connectivity index (χ1v) is 8.82. The lowest BCUT2D eigenvalue weighted by molar-refractivity contribution is 0.0697. The van der Waals surface area contributed by atoms with Gasteiger partial charge in [-0.05, 0) is 44.5 Å². The molecule has 8 nitrogen and oxygen atoms in total. The van der Waals surface area contributed by atoms with E-state index in [4.69, 9.17) is 5.11 Å². The van der Waals surface area contributed by atoms with Crippen molar-refractivity contribution in [1.82, 2.24) is 24.7 Å². The second kappa shape index (κ2) is 6.79. The van der Waals surface area contributed by atoms with Crippen LogP contribution in [0.25, 0.3) is 11.4 Å². The summed E-state index contributed by atoms with van der Waals surface area (Å²) < 4.78 is 2.08. The predicted molar refractivity (Wildman–Crippen MR) is 99.8 cm³/mol. The molecule has 3 aromatic heterocycles. The fourth-order valence-corrected chi connectivity index (χ4v) is 3.49. The average molecular weight is 364 g/mol. The molecule has 0 radical (unpaired) electrons. The van der Waals surface area contributed by atoms with E-state index in [1.807, 2.05) is 6.92 Å². The molecule has 0 aliphatic carbocycles. The predicted octanol–water partition coefficient (Wildman–Crippen LogP) is 2.50. The number of rotatable bonds is 4. The average Bonchev–Trinajstić information content (AvgIpc) is 3.28. The third-order valence-corrected chi connectivity index (χ3v) is 4.75. The lowest BCUT2D eigenvalue weighted by atomic mass is 10.2. The zero-order valence-corrected chi connectivity index (χ0v) is 15.2. The van der Waals surface area contributed by atoms with E-state index in [2.05, 4.69) is 42.6 Å². The number of nitrogens with zero attached hydrogens (tertiary/aromatic N) is 6. The fourth-order valence-electron chi connectivity index (χ4n) is 3.49. The van der Waals surface area contributed by atoms with Crippen molar-refractivity contribution < 1.29 is 9.90 Å². The number of hydrogen-bond acceptors (Lipinski definition) is 6. The van der Waals surface area contributed by atoms with Gasteiger partial charge in [0.1, 0.15) is 0 Å². The number of carboxylic acid groups (broad SMARTS) is 1. The van der Waals surface area contributed by atoms with Crippen molar-refractivity contribution in [2.75, 3.05) is 18.0 Å². The first-order valence-electron chi connectivity index (χ1n) is 8.82. The Labute approximate surface area is 156 Å². The van der Waals surface area contributed by atoms with Crippen LogP contribution in [-0.4, -0.2) is 48.9 Å². The van der Waals surface area contributed by atoms with E-state index in [0.29, 0.717) is 23.4 Å². The molecule has 1 saturated heterocycles. The van der Waals surface area contributed by atoms with Gasteiger partial charge in [0.2, 0.25) is 5.95 Å². The molecular weight excluding hydrogens is 344 g/mol. The maximum Gasteiger partial charge on any atom is 0.335 e. The van der Waals surface area contributed by atoms with Crippen LogP contribution in [0.5, 0.6) is 0 Å². The van der Waals surface area contributed by atoms with E-state index in [9.17, 15) is 4.79 Å². The Kier molecular flexibility index (Phi) is 4.31. The van der Waals surface area contributed by atoms with Gasteiger partial charge in [-0.1, -0.05) is 0 Å². The topological polar surface area (TPSA) is 97.0 Å². The molecule has 0 saturated carbocycles. The van der Waals surface area contributed by atoms with Crippen LogP contribution in [0.15, 0.2) is 36.7 Å². The van der Waals surface area contributed by atoms with Gasteiger partial charge >= 0.3 is 5.97 Å². The van der Waals surface area contributed by atoms with Crippen LogP contribution >= 0.6 is 0 Å². The summed E-state index contributed by atoms with van der Waals surface area (Å²) in [5.41, 5.74) is 3.49. The maximum absolute atomic E-state index is 11.2. The van der Waals surface area contributed by atoms with E-state index >= 15 is 0 Å². The first kappa shape index (κ1) is 17.1. The van der Waals surface area contributed by atoms with Crippen molar-refractivity contribution in [3.63, 3.8) is 0 Å². The Balaban J connectivity index is 1.57. The molecule has 3 aromatic rings. The van der Waals surface area contributed by atoms with Gasteiger partial charge in [0.15, 0.2) is 0 Å². The molecule has 0 amide bonds. The van der Waals surface area contributed by atoms with Crippen LogP contribution in [0, 0.1) is 13.8 Å². The van der Waals surface area contributed by atoms with E-state index in [-0.39, 0.29) is 5.56 Å². The normalized spacial score (nSPS) is 16.7. The van der Waals surface area contributed by atoms with Gasteiger partial charge in [0.05, 0.1) is 28.7 Å². The minimum absolute atomic E-state index is 0.186. The molecular formula is C19H20N6O2. The summed E-state index contributed by atoms with van der Waals surface area (Å²) in [6.07, 6.45) is 4.14. The van der Waals surface area contributed by atoms with Gasteiger partial charge < -0.3 is 10.0 Å². The summed E-state index contributed by atoms with van der Waals surface area (Å²) >= 11 is 0. The quantitative estimate of drug-likeness (QED) is 0.759. The van der Waals surface area contributed by atoms with Gasteiger partial charge in [-0.15, -0.1) is 0 Å². The van der Waals surface area contributed by atoms with E-state index in [0.717, 1.165) is 30.9 Å². The first-order chi connectivity index (χ1) is 13.0. The van der Waals surface area contributed by atoms with Crippen LogP contribution < -0.4 is 4.90 Å². The van der Waals surface area contributed by atoms with Crippen LogP contribution in [0.1, 0.15) is 34.2 Å². The van der Waals surface area contributed by atoms with Crippen LogP contribution in [0.2, 0.25) is 0 Å². The van der Waals surface area contributed by atoms with Crippen molar-refractivity contribution in [2.45, 2.75) is 26.3 Å². The minimum atomic E-state index is -0.986. The minimum Gasteiger partial charge on any atom is -0.478 e. The van der Waals surface area contributed by atoms with Crippen LogP contribution in [-0.2, 0) is 0 Å². The zero-order chi connectivity index (χ0) is 19.0. The molecule has 1 aliphatic rings. The smallest absolute Gasteiger partial charge is 0.335 e. The van der Waals surface area contributed by atoms with Crippen molar-refractivity contribution in [3.8, 4) is 11.4 Å². The molecule has 1 aliphatic heterocycles. The number of anilines is 1. The zero-order valence-electron chi connectivity index (χ0n) is 15.2. The highest BCUT2D eigenvalue weighted by Crippen LogP contribution is 2.27. The number of pyridine rings is 1. The molecule has 0 aromatic carbocycles. The maximum atomic E-state index is 11.2. The van der Waals surface area contributed by atoms with Crippen molar-refractivity contribution >= 4 is 11.9 Å². The third kappa shape index (κ3) is 3.38. The molecule has 138 valence electrons. The largest absolute Gasteiger partial charge is 0.478 e. The Morgan fingerprint density at radius 1 is 1.15 bits per heavy atom. The molecule has 4 heterocycles. The molecule has 0 spiro atoms. The standard InChI is InChI=1S/C19H20N6O2/c1-12-9-13(2)25(23-12)15-5-8-24(11-15)19-21-7-4-16(22-19)17-10-14(18(26)27)3-6-20-17/h3-4,6-7,9-10,15H,5,8,11H2,1-2H3,(H,26,27)/t15-/m1/s1. The highest BCUT2D eigenvalue weighted by molar-refractivity contribution is 5.88. The number of aromatic carboxylic acids is 1.